The van der Waals surface area contributed by atoms with Gasteiger partial charge in [0.1, 0.15) is 11.9 Å². The predicted molar refractivity (Wildman–Crippen MR) is 59.3 cm³/mol. The number of aliphatic hydroxyl groups is 1. The molecule has 1 aromatic rings. The van der Waals surface area contributed by atoms with Gasteiger partial charge in [0.15, 0.2) is 0 Å². The summed E-state index contributed by atoms with van der Waals surface area (Å²) in [6.07, 6.45) is 1.53. The van der Waals surface area contributed by atoms with Crippen molar-refractivity contribution >= 4 is 5.82 Å². The number of rotatable bonds is 4. The summed E-state index contributed by atoms with van der Waals surface area (Å²) in [5, 5.41) is 10.2. The fourth-order valence-corrected chi connectivity index (χ4v) is 1.44. The maximum atomic E-state index is 10.2. The minimum atomic E-state index is -0.763. The van der Waals surface area contributed by atoms with Crippen molar-refractivity contribution < 1.29 is 9.84 Å². The van der Waals surface area contributed by atoms with Crippen LogP contribution in [0.1, 0.15) is 31.9 Å². The lowest BCUT2D eigenvalue weighted by Crippen LogP contribution is -2.34. The van der Waals surface area contributed by atoms with Gasteiger partial charge in [-0.2, -0.15) is 0 Å². The fourth-order valence-electron chi connectivity index (χ4n) is 1.44. The molecule has 15 heavy (non-hydrogen) atoms. The van der Waals surface area contributed by atoms with Gasteiger partial charge in [-0.1, -0.05) is 13.0 Å². The highest BCUT2D eigenvalue weighted by atomic mass is 16.5. The molecule has 4 nitrogen and oxygen atoms in total. The first-order chi connectivity index (χ1) is 7.05. The Hall–Kier alpha value is -1.13. The maximum Gasteiger partial charge on any atom is 0.129 e. The SMILES string of the molecule is CCC(C)(OC)C(O)c1cccnc1N. The van der Waals surface area contributed by atoms with Crippen LogP contribution >= 0.6 is 0 Å². The summed E-state index contributed by atoms with van der Waals surface area (Å²) < 4.78 is 5.32. The molecule has 0 bridgehead atoms. The van der Waals surface area contributed by atoms with Crippen molar-refractivity contribution in [1.82, 2.24) is 4.98 Å². The third-order valence-corrected chi connectivity index (χ3v) is 2.91. The molecule has 0 amide bonds. The van der Waals surface area contributed by atoms with Crippen molar-refractivity contribution in [2.24, 2.45) is 0 Å². The van der Waals surface area contributed by atoms with Crippen LogP contribution in [0.4, 0.5) is 5.82 Å². The van der Waals surface area contributed by atoms with Crippen LogP contribution in [0.25, 0.3) is 0 Å². The van der Waals surface area contributed by atoms with E-state index in [9.17, 15) is 5.11 Å². The standard InChI is InChI=1S/C11H18N2O2/c1-4-11(2,15-3)9(14)8-6-5-7-13-10(8)12/h5-7,9,14H,4H2,1-3H3,(H2,12,13). The Labute approximate surface area is 90.1 Å². The Balaban J connectivity index is 3.03. The molecule has 0 aromatic carbocycles. The molecule has 1 aromatic heterocycles. The van der Waals surface area contributed by atoms with E-state index in [0.29, 0.717) is 17.8 Å². The quantitative estimate of drug-likeness (QED) is 0.790. The van der Waals surface area contributed by atoms with Crippen LogP contribution in [0.3, 0.4) is 0 Å². The summed E-state index contributed by atoms with van der Waals surface area (Å²) in [4.78, 5) is 3.94. The molecule has 0 aliphatic rings. The monoisotopic (exact) mass is 210 g/mol. The van der Waals surface area contributed by atoms with Gasteiger partial charge in [-0.3, -0.25) is 0 Å². The Morgan fingerprint density at radius 1 is 1.67 bits per heavy atom. The first-order valence-corrected chi connectivity index (χ1v) is 4.98. The molecule has 0 spiro atoms. The van der Waals surface area contributed by atoms with Gasteiger partial charge in [-0.25, -0.2) is 4.98 Å². The molecule has 4 heteroatoms. The minimum Gasteiger partial charge on any atom is -0.385 e. The number of aromatic nitrogens is 1. The molecular formula is C11H18N2O2. The lowest BCUT2D eigenvalue weighted by atomic mass is 9.90. The number of aliphatic hydroxyl groups excluding tert-OH is 1. The summed E-state index contributed by atoms with van der Waals surface area (Å²) >= 11 is 0. The normalized spacial score (nSPS) is 17.1. The average Bonchev–Trinajstić information content (AvgIpc) is 2.28. The zero-order valence-corrected chi connectivity index (χ0v) is 9.40. The van der Waals surface area contributed by atoms with Gasteiger partial charge in [-0.05, 0) is 19.4 Å². The van der Waals surface area contributed by atoms with Gasteiger partial charge >= 0.3 is 0 Å². The van der Waals surface area contributed by atoms with Gasteiger partial charge in [0.05, 0.1) is 5.60 Å². The summed E-state index contributed by atoms with van der Waals surface area (Å²) in [5.41, 5.74) is 5.69. The van der Waals surface area contributed by atoms with Crippen LogP contribution in [0.15, 0.2) is 18.3 Å². The Morgan fingerprint density at radius 3 is 2.80 bits per heavy atom. The van der Waals surface area contributed by atoms with E-state index in [1.807, 2.05) is 13.8 Å². The van der Waals surface area contributed by atoms with Gasteiger partial charge in [-0.15, -0.1) is 0 Å². The molecule has 0 aliphatic heterocycles. The van der Waals surface area contributed by atoms with Gasteiger partial charge < -0.3 is 15.6 Å². The molecule has 0 aliphatic carbocycles. The minimum absolute atomic E-state index is 0.349. The van der Waals surface area contributed by atoms with E-state index in [1.54, 1.807) is 25.4 Å². The van der Waals surface area contributed by atoms with Crippen LogP contribution in [-0.4, -0.2) is 22.8 Å². The number of hydrogen-bond donors (Lipinski definition) is 2. The number of nitrogens with zero attached hydrogens (tertiary/aromatic N) is 1. The molecule has 84 valence electrons. The van der Waals surface area contributed by atoms with Crippen LogP contribution in [0, 0.1) is 0 Å². The molecule has 1 heterocycles. The third kappa shape index (κ3) is 2.27. The molecule has 1 rings (SSSR count). The molecular weight excluding hydrogens is 192 g/mol. The van der Waals surface area contributed by atoms with Crippen LogP contribution < -0.4 is 5.73 Å². The predicted octanol–water partition coefficient (Wildman–Crippen LogP) is 1.51. The lowest BCUT2D eigenvalue weighted by Gasteiger charge is -2.32. The van der Waals surface area contributed by atoms with E-state index >= 15 is 0 Å². The molecule has 3 N–H and O–H groups in total. The van der Waals surface area contributed by atoms with Crippen molar-refractivity contribution in [3.63, 3.8) is 0 Å². The second-order valence-electron chi connectivity index (χ2n) is 3.75. The topological polar surface area (TPSA) is 68.4 Å². The maximum absolute atomic E-state index is 10.2. The zero-order valence-electron chi connectivity index (χ0n) is 9.40. The summed E-state index contributed by atoms with van der Waals surface area (Å²) in [6, 6.07) is 3.51. The van der Waals surface area contributed by atoms with Crippen LogP contribution in [0.5, 0.6) is 0 Å². The second kappa shape index (κ2) is 4.59. The highest BCUT2D eigenvalue weighted by Gasteiger charge is 2.33. The van der Waals surface area contributed by atoms with Crippen molar-refractivity contribution in [2.45, 2.75) is 32.0 Å². The largest absolute Gasteiger partial charge is 0.385 e. The number of hydrogen-bond acceptors (Lipinski definition) is 4. The molecule has 0 radical (unpaired) electrons. The van der Waals surface area contributed by atoms with Crippen molar-refractivity contribution in [3.05, 3.63) is 23.9 Å². The number of anilines is 1. The summed E-state index contributed by atoms with van der Waals surface area (Å²) in [6.45, 7) is 3.81. The van der Waals surface area contributed by atoms with Gasteiger partial charge in [0.25, 0.3) is 0 Å². The van der Waals surface area contributed by atoms with E-state index in [-0.39, 0.29) is 0 Å². The van der Waals surface area contributed by atoms with E-state index in [4.69, 9.17) is 10.5 Å². The molecule has 0 fully saturated rings. The Bertz CT molecular complexity index is 324. The molecule has 0 saturated carbocycles. The van der Waals surface area contributed by atoms with Crippen molar-refractivity contribution in [2.75, 3.05) is 12.8 Å². The van der Waals surface area contributed by atoms with Crippen LogP contribution in [-0.2, 0) is 4.74 Å². The third-order valence-electron chi connectivity index (χ3n) is 2.91. The van der Waals surface area contributed by atoms with Crippen molar-refractivity contribution in [1.29, 1.82) is 0 Å². The second-order valence-corrected chi connectivity index (χ2v) is 3.75. The zero-order chi connectivity index (χ0) is 11.5. The van der Waals surface area contributed by atoms with E-state index in [2.05, 4.69) is 4.98 Å². The van der Waals surface area contributed by atoms with E-state index in [0.717, 1.165) is 0 Å². The Kier molecular flexibility index (Phi) is 3.66. The van der Waals surface area contributed by atoms with E-state index < -0.39 is 11.7 Å². The molecule has 2 atom stereocenters. The highest BCUT2D eigenvalue weighted by molar-refractivity contribution is 5.41. The first kappa shape index (κ1) is 11.9. The summed E-state index contributed by atoms with van der Waals surface area (Å²) in [5.74, 6) is 0.349. The lowest BCUT2D eigenvalue weighted by molar-refractivity contribution is -0.0942. The number of methoxy groups -OCH3 is 1. The van der Waals surface area contributed by atoms with E-state index in [1.165, 1.54) is 0 Å². The van der Waals surface area contributed by atoms with Gasteiger partial charge in [0, 0.05) is 18.9 Å². The Morgan fingerprint density at radius 2 is 2.33 bits per heavy atom. The summed E-state index contributed by atoms with van der Waals surface area (Å²) in [7, 11) is 1.58. The number of ether oxygens (including phenoxy) is 1. The smallest absolute Gasteiger partial charge is 0.129 e. The fraction of sp³-hybridized carbons (Fsp3) is 0.545. The molecule has 0 saturated heterocycles. The number of pyridine rings is 1. The number of nitrogen functional groups attached to an aromatic ring is 1. The first-order valence-electron chi connectivity index (χ1n) is 4.98. The highest BCUT2D eigenvalue weighted by Crippen LogP contribution is 2.33. The van der Waals surface area contributed by atoms with Crippen molar-refractivity contribution in [3.8, 4) is 0 Å². The average molecular weight is 210 g/mol. The van der Waals surface area contributed by atoms with Crippen LogP contribution in [0.2, 0.25) is 0 Å². The van der Waals surface area contributed by atoms with Gasteiger partial charge in [0.2, 0.25) is 0 Å². The molecule has 2 unspecified atom stereocenters. The number of nitrogens with two attached hydrogens (primary N) is 1.